The molecular formula is C20H29NO2. The third-order valence-electron chi connectivity index (χ3n) is 4.65. The van der Waals surface area contributed by atoms with Crippen LogP contribution in [0.15, 0.2) is 30.3 Å². The van der Waals surface area contributed by atoms with Crippen LogP contribution in [0.1, 0.15) is 59.9 Å². The van der Waals surface area contributed by atoms with Crippen molar-refractivity contribution in [3.05, 3.63) is 35.9 Å². The van der Waals surface area contributed by atoms with Gasteiger partial charge in [0.15, 0.2) is 5.78 Å². The van der Waals surface area contributed by atoms with E-state index in [-0.39, 0.29) is 17.1 Å². The summed E-state index contributed by atoms with van der Waals surface area (Å²) in [4.78, 5) is 25.8. The van der Waals surface area contributed by atoms with E-state index in [9.17, 15) is 9.59 Å². The Hall–Kier alpha value is -1.64. The van der Waals surface area contributed by atoms with E-state index in [1.165, 1.54) is 0 Å². The van der Waals surface area contributed by atoms with Gasteiger partial charge in [-0.3, -0.25) is 9.59 Å². The normalized spacial score (nSPS) is 18.2. The molecule has 1 aromatic rings. The van der Waals surface area contributed by atoms with Gasteiger partial charge in [0.25, 0.3) is 0 Å². The largest absolute Gasteiger partial charge is 0.345 e. The Balaban J connectivity index is 2.24. The number of rotatable bonds is 4. The van der Waals surface area contributed by atoms with Crippen molar-refractivity contribution in [2.45, 2.75) is 65.8 Å². The van der Waals surface area contributed by atoms with Crippen LogP contribution in [0.25, 0.3) is 0 Å². The molecule has 1 atom stereocenters. The van der Waals surface area contributed by atoms with Crippen molar-refractivity contribution in [2.75, 3.05) is 0 Å². The molecule has 1 unspecified atom stereocenters. The number of Topliss-reactive ketones (excluding diaryl/α,β-unsaturated/α-hetero) is 1. The van der Waals surface area contributed by atoms with E-state index in [4.69, 9.17) is 0 Å². The van der Waals surface area contributed by atoms with Gasteiger partial charge >= 0.3 is 0 Å². The zero-order valence-corrected chi connectivity index (χ0v) is 15.2. The number of carbonyl (C=O) groups is 2. The van der Waals surface area contributed by atoms with Gasteiger partial charge < -0.3 is 5.32 Å². The van der Waals surface area contributed by atoms with Gasteiger partial charge in [0.2, 0.25) is 5.91 Å². The topological polar surface area (TPSA) is 46.2 Å². The maximum atomic E-state index is 13.0. The van der Waals surface area contributed by atoms with E-state index in [0.717, 1.165) is 18.4 Å². The second-order valence-electron chi connectivity index (χ2n) is 8.83. The molecule has 126 valence electrons. The molecular weight excluding hydrogens is 286 g/mol. The molecule has 0 radical (unpaired) electrons. The van der Waals surface area contributed by atoms with E-state index < -0.39 is 16.9 Å². The summed E-state index contributed by atoms with van der Waals surface area (Å²) in [6, 6.07) is 9.41. The molecule has 2 rings (SSSR count). The Bertz CT molecular complexity index is 586. The molecule has 1 aromatic carbocycles. The summed E-state index contributed by atoms with van der Waals surface area (Å²) in [5, 5.41) is 3.08. The van der Waals surface area contributed by atoms with Crippen LogP contribution >= 0.6 is 0 Å². The number of hydrogen-bond donors (Lipinski definition) is 1. The summed E-state index contributed by atoms with van der Waals surface area (Å²) in [7, 11) is 0. The van der Waals surface area contributed by atoms with Crippen LogP contribution in [0.4, 0.5) is 0 Å². The molecule has 1 fully saturated rings. The second kappa shape index (κ2) is 5.77. The predicted octanol–water partition coefficient (Wildman–Crippen LogP) is 3.86. The first-order valence-electron chi connectivity index (χ1n) is 8.39. The molecule has 0 heterocycles. The Morgan fingerprint density at radius 1 is 1.00 bits per heavy atom. The molecule has 0 saturated heterocycles. The maximum Gasteiger partial charge on any atom is 0.231 e. The third kappa shape index (κ3) is 3.65. The van der Waals surface area contributed by atoms with Gasteiger partial charge in [-0.05, 0) is 23.8 Å². The van der Waals surface area contributed by atoms with Crippen LogP contribution in [0.2, 0.25) is 0 Å². The molecule has 3 nitrogen and oxygen atoms in total. The summed E-state index contributed by atoms with van der Waals surface area (Å²) >= 11 is 0. The van der Waals surface area contributed by atoms with Gasteiger partial charge in [-0.2, -0.15) is 0 Å². The van der Waals surface area contributed by atoms with Crippen LogP contribution in [-0.2, 0) is 15.0 Å². The van der Waals surface area contributed by atoms with Crippen molar-refractivity contribution >= 4 is 11.7 Å². The number of amides is 1. The highest BCUT2D eigenvalue weighted by Crippen LogP contribution is 2.48. The molecule has 0 aromatic heterocycles. The first-order valence-corrected chi connectivity index (χ1v) is 8.39. The highest BCUT2D eigenvalue weighted by molar-refractivity contribution is 5.97. The minimum absolute atomic E-state index is 0.0128. The van der Waals surface area contributed by atoms with E-state index in [2.05, 4.69) is 5.32 Å². The van der Waals surface area contributed by atoms with Crippen LogP contribution in [-0.4, -0.2) is 17.7 Å². The SMILES string of the molecule is CC(C)(C)C(=O)C(NC(=O)C1(c2ccccc2)CC1)C(C)(C)C. The molecule has 23 heavy (non-hydrogen) atoms. The van der Waals surface area contributed by atoms with E-state index in [1.807, 2.05) is 71.9 Å². The standard InChI is InChI=1S/C20H29NO2/c1-18(2,3)15(16(22)19(4,5)6)21-17(23)20(12-13-20)14-10-8-7-9-11-14/h7-11,15H,12-13H2,1-6H3,(H,21,23). The van der Waals surface area contributed by atoms with Gasteiger partial charge in [0.1, 0.15) is 0 Å². The third-order valence-corrected chi connectivity index (χ3v) is 4.65. The summed E-state index contributed by atoms with van der Waals surface area (Å²) in [5.41, 5.74) is -0.182. The van der Waals surface area contributed by atoms with Gasteiger partial charge in [0.05, 0.1) is 11.5 Å². The van der Waals surface area contributed by atoms with Crippen molar-refractivity contribution in [3.63, 3.8) is 0 Å². The molecule has 1 N–H and O–H groups in total. The zero-order valence-electron chi connectivity index (χ0n) is 15.2. The van der Waals surface area contributed by atoms with Gasteiger partial charge in [-0.1, -0.05) is 71.9 Å². The summed E-state index contributed by atoms with van der Waals surface area (Å²) in [6.07, 6.45) is 1.70. The van der Waals surface area contributed by atoms with E-state index in [1.54, 1.807) is 0 Å². The number of hydrogen-bond acceptors (Lipinski definition) is 2. The molecule has 0 bridgehead atoms. The van der Waals surface area contributed by atoms with Gasteiger partial charge in [-0.15, -0.1) is 0 Å². The Morgan fingerprint density at radius 3 is 1.91 bits per heavy atom. The van der Waals surface area contributed by atoms with Crippen LogP contribution in [0, 0.1) is 10.8 Å². The minimum Gasteiger partial charge on any atom is -0.345 e. The van der Waals surface area contributed by atoms with E-state index in [0.29, 0.717) is 0 Å². The van der Waals surface area contributed by atoms with Gasteiger partial charge in [0, 0.05) is 5.41 Å². The average Bonchev–Trinajstić information content (AvgIpc) is 3.24. The summed E-state index contributed by atoms with van der Waals surface area (Å²) in [6.45, 7) is 11.7. The lowest BCUT2D eigenvalue weighted by atomic mass is 9.75. The highest BCUT2D eigenvalue weighted by atomic mass is 16.2. The van der Waals surface area contributed by atoms with Crippen molar-refractivity contribution < 1.29 is 9.59 Å². The zero-order chi connectivity index (χ0) is 17.5. The van der Waals surface area contributed by atoms with Crippen molar-refractivity contribution in [3.8, 4) is 0 Å². The fourth-order valence-electron chi connectivity index (χ4n) is 2.91. The first kappa shape index (κ1) is 17.7. The molecule has 3 heteroatoms. The van der Waals surface area contributed by atoms with Crippen LogP contribution in [0.3, 0.4) is 0 Å². The number of carbonyl (C=O) groups excluding carboxylic acids is 2. The fourth-order valence-corrected chi connectivity index (χ4v) is 2.91. The minimum atomic E-state index is -0.477. The summed E-state index contributed by atoms with van der Waals surface area (Å²) < 4.78 is 0. The number of benzene rings is 1. The molecule has 0 aliphatic heterocycles. The molecule has 1 saturated carbocycles. The molecule has 1 aliphatic carbocycles. The fraction of sp³-hybridized carbons (Fsp3) is 0.600. The van der Waals surface area contributed by atoms with Crippen LogP contribution < -0.4 is 5.32 Å². The molecule has 1 amide bonds. The predicted molar refractivity (Wildman–Crippen MR) is 93.2 cm³/mol. The first-order chi connectivity index (χ1) is 10.5. The monoisotopic (exact) mass is 315 g/mol. The number of nitrogens with one attached hydrogen (secondary N) is 1. The second-order valence-corrected chi connectivity index (χ2v) is 8.83. The molecule has 0 spiro atoms. The number of ketones is 1. The van der Waals surface area contributed by atoms with Crippen molar-refractivity contribution in [1.82, 2.24) is 5.32 Å². The lowest BCUT2D eigenvalue weighted by Crippen LogP contribution is -2.54. The van der Waals surface area contributed by atoms with Crippen LogP contribution in [0.5, 0.6) is 0 Å². The molecule has 1 aliphatic rings. The smallest absolute Gasteiger partial charge is 0.231 e. The Kier molecular flexibility index (Phi) is 4.44. The quantitative estimate of drug-likeness (QED) is 0.917. The lowest BCUT2D eigenvalue weighted by Gasteiger charge is -2.35. The Morgan fingerprint density at radius 2 is 1.52 bits per heavy atom. The highest BCUT2D eigenvalue weighted by Gasteiger charge is 2.52. The Labute approximate surface area is 139 Å². The van der Waals surface area contributed by atoms with E-state index >= 15 is 0 Å². The van der Waals surface area contributed by atoms with Crippen molar-refractivity contribution in [1.29, 1.82) is 0 Å². The maximum absolute atomic E-state index is 13.0. The van der Waals surface area contributed by atoms with Crippen molar-refractivity contribution in [2.24, 2.45) is 10.8 Å². The van der Waals surface area contributed by atoms with Gasteiger partial charge in [-0.25, -0.2) is 0 Å². The lowest BCUT2D eigenvalue weighted by molar-refractivity contribution is -0.136. The summed E-state index contributed by atoms with van der Waals surface area (Å²) in [5.74, 6) is 0.0726. The average molecular weight is 315 g/mol.